The smallest absolute Gasteiger partial charge is 0.0727 e. The molecule has 0 aliphatic carbocycles. The fraction of sp³-hybridized carbons (Fsp3) is 0.684. The molecular formula is C19H30BrIO. The molecule has 3 heteroatoms. The summed E-state index contributed by atoms with van der Waals surface area (Å²) in [6, 6.07) is 8.45. The standard InChI is InChI=1S/C19H30BrIO/c20-15-11-7-5-3-1-2-4-6-8-12-16-22-17-18-13-9-10-14-19(18)21/h9-10,13-14H,1-8,11-12,15-17H2. The summed E-state index contributed by atoms with van der Waals surface area (Å²) in [5, 5.41) is 1.17. The molecular weight excluding hydrogens is 451 g/mol. The van der Waals surface area contributed by atoms with Crippen LogP contribution in [0.15, 0.2) is 24.3 Å². The van der Waals surface area contributed by atoms with Crippen molar-refractivity contribution in [3.8, 4) is 0 Å². The quantitative estimate of drug-likeness (QED) is 0.157. The van der Waals surface area contributed by atoms with Gasteiger partial charge in [0.2, 0.25) is 0 Å². The number of hydrogen-bond acceptors (Lipinski definition) is 1. The van der Waals surface area contributed by atoms with Crippen molar-refractivity contribution >= 4 is 38.5 Å². The van der Waals surface area contributed by atoms with E-state index in [1.54, 1.807) is 0 Å². The van der Waals surface area contributed by atoms with Gasteiger partial charge >= 0.3 is 0 Å². The van der Waals surface area contributed by atoms with E-state index in [9.17, 15) is 0 Å². The Balaban J connectivity index is 1.81. The molecule has 0 aliphatic rings. The lowest BCUT2D eigenvalue weighted by Gasteiger charge is -2.06. The van der Waals surface area contributed by atoms with Crippen molar-refractivity contribution in [1.29, 1.82) is 0 Å². The van der Waals surface area contributed by atoms with Crippen LogP contribution < -0.4 is 0 Å². The van der Waals surface area contributed by atoms with Crippen LogP contribution in [-0.2, 0) is 11.3 Å². The van der Waals surface area contributed by atoms with Crippen LogP contribution in [0.3, 0.4) is 0 Å². The van der Waals surface area contributed by atoms with Crippen molar-refractivity contribution in [3.63, 3.8) is 0 Å². The number of ether oxygens (including phenoxy) is 1. The monoisotopic (exact) mass is 480 g/mol. The Morgan fingerprint density at radius 3 is 1.91 bits per heavy atom. The maximum atomic E-state index is 5.77. The van der Waals surface area contributed by atoms with Crippen LogP contribution in [0.5, 0.6) is 0 Å². The summed E-state index contributed by atoms with van der Waals surface area (Å²) in [6.07, 6.45) is 13.7. The van der Waals surface area contributed by atoms with Crippen molar-refractivity contribution in [3.05, 3.63) is 33.4 Å². The van der Waals surface area contributed by atoms with Gasteiger partial charge in [0, 0.05) is 15.5 Å². The summed E-state index contributed by atoms with van der Waals surface area (Å²) in [4.78, 5) is 0. The van der Waals surface area contributed by atoms with Gasteiger partial charge in [-0.25, -0.2) is 0 Å². The maximum absolute atomic E-state index is 5.77. The number of hydrogen-bond donors (Lipinski definition) is 0. The third kappa shape index (κ3) is 11.0. The van der Waals surface area contributed by atoms with Crippen LogP contribution in [-0.4, -0.2) is 11.9 Å². The average molecular weight is 481 g/mol. The third-order valence-electron chi connectivity index (χ3n) is 3.89. The number of unbranched alkanes of at least 4 members (excludes halogenated alkanes) is 9. The first-order chi connectivity index (χ1) is 10.8. The van der Waals surface area contributed by atoms with Crippen LogP contribution in [0, 0.1) is 3.57 Å². The molecule has 0 radical (unpaired) electrons. The highest BCUT2D eigenvalue weighted by atomic mass is 127. The topological polar surface area (TPSA) is 9.23 Å². The first kappa shape index (κ1) is 20.4. The molecule has 0 amide bonds. The number of alkyl halides is 1. The van der Waals surface area contributed by atoms with Crippen molar-refractivity contribution in [2.24, 2.45) is 0 Å². The molecule has 0 aromatic heterocycles. The van der Waals surface area contributed by atoms with Gasteiger partial charge in [0.25, 0.3) is 0 Å². The Labute approximate surface area is 158 Å². The fourth-order valence-corrected chi connectivity index (χ4v) is 3.45. The molecule has 1 rings (SSSR count). The van der Waals surface area contributed by atoms with Gasteiger partial charge in [0.15, 0.2) is 0 Å². The highest BCUT2D eigenvalue weighted by Crippen LogP contribution is 2.13. The van der Waals surface area contributed by atoms with Crippen LogP contribution in [0.25, 0.3) is 0 Å². The first-order valence-corrected chi connectivity index (χ1v) is 10.9. The second-order valence-corrected chi connectivity index (χ2v) is 7.82. The van der Waals surface area contributed by atoms with Crippen LogP contribution in [0.4, 0.5) is 0 Å². The van der Waals surface area contributed by atoms with Crippen molar-refractivity contribution < 1.29 is 4.74 Å². The van der Waals surface area contributed by atoms with Gasteiger partial charge < -0.3 is 4.74 Å². The molecule has 126 valence electrons. The molecule has 22 heavy (non-hydrogen) atoms. The molecule has 0 fully saturated rings. The van der Waals surface area contributed by atoms with Gasteiger partial charge in [-0.3, -0.25) is 0 Å². The van der Waals surface area contributed by atoms with Crippen LogP contribution >= 0.6 is 38.5 Å². The van der Waals surface area contributed by atoms with Crippen molar-refractivity contribution in [2.45, 2.75) is 70.8 Å². The Morgan fingerprint density at radius 2 is 1.32 bits per heavy atom. The lowest BCUT2D eigenvalue weighted by Crippen LogP contribution is -1.97. The van der Waals surface area contributed by atoms with Gasteiger partial charge in [-0.05, 0) is 47.1 Å². The van der Waals surface area contributed by atoms with Gasteiger partial charge in [-0.15, -0.1) is 0 Å². The molecule has 0 spiro atoms. The maximum Gasteiger partial charge on any atom is 0.0727 e. The highest BCUT2D eigenvalue weighted by Gasteiger charge is 1.98. The number of halogens is 2. The lowest BCUT2D eigenvalue weighted by molar-refractivity contribution is 0.116. The Bertz CT molecular complexity index is 370. The van der Waals surface area contributed by atoms with Gasteiger partial charge in [-0.1, -0.05) is 85.5 Å². The molecule has 0 aliphatic heterocycles. The zero-order valence-electron chi connectivity index (χ0n) is 13.7. The molecule has 0 bridgehead atoms. The summed E-state index contributed by atoms with van der Waals surface area (Å²) in [5.74, 6) is 0. The number of rotatable bonds is 14. The molecule has 0 saturated carbocycles. The van der Waals surface area contributed by atoms with E-state index in [2.05, 4.69) is 62.8 Å². The van der Waals surface area contributed by atoms with Crippen molar-refractivity contribution in [2.75, 3.05) is 11.9 Å². The summed E-state index contributed by atoms with van der Waals surface area (Å²) >= 11 is 5.86. The Hall–Kier alpha value is 0.390. The largest absolute Gasteiger partial charge is 0.377 e. The molecule has 0 atom stereocenters. The molecule has 1 nitrogen and oxygen atoms in total. The van der Waals surface area contributed by atoms with Gasteiger partial charge in [0.1, 0.15) is 0 Å². The highest BCUT2D eigenvalue weighted by molar-refractivity contribution is 14.1. The second-order valence-electron chi connectivity index (χ2n) is 5.87. The lowest BCUT2D eigenvalue weighted by atomic mass is 10.1. The summed E-state index contributed by atoms with van der Waals surface area (Å²) in [6.45, 7) is 1.66. The fourth-order valence-electron chi connectivity index (χ4n) is 2.51. The zero-order chi connectivity index (χ0) is 15.9. The van der Waals surface area contributed by atoms with E-state index >= 15 is 0 Å². The van der Waals surface area contributed by atoms with E-state index < -0.39 is 0 Å². The molecule has 1 aromatic carbocycles. The Kier molecular flexibility index (Phi) is 13.9. The second kappa shape index (κ2) is 14.9. The molecule has 0 saturated heterocycles. The van der Waals surface area contributed by atoms with E-state index in [4.69, 9.17) is 4.74 Å². The van der Waals surface area contributed by atoms with Gasteiger partial charge in [-0.2, -0.15) is 0 Å². The minimum absolute atomic E-state index is 0.757. The van der Waals surface area contributed by atoms with Gasteiger partial charge in [0.05, 0.1) is 6.61 Å². The van der Waals surface area contributed by atoms with E-state index in [-0.39, 0.29) is 0 Å². The first-order valence-electron chi connectivity index (χ1n) is 8.71. The minimum atomic E-state index is 0.757. The molecule has 0 heterocycles. The molecule has 0 N–H and O–H groups in total. The average Bonchev–Trinajstić information content (AvgIpc) is 2.53. The zero-order valence-corrected chi connectivity index (χ0v) is 17.4. The SMILES string of the molecule is BrCCCCCCCCCCCCOCc1ccccc1I. The molecule has 0 unspecified atom stereocenters. The molecule has 1 aromatic rings. The van der Waals surface area contributed by atoms with E-state index in [0.29, 0.717) is 0 Å². The predicted octanol–water partition coefficient (Wildman–Crippen LogP) is 7.10. The minimum Gasteiger partial charge on any atom is -0.377 e. The van der Waals surface area contributed by atoms with Crippen LogP contribution in [0.2, 0.25) is 0 Å². The predicted molar refractivity (Wildman–Crippen MR) is 109 cm³/mol. The van der Waals surface area contributed by atoms with Crippen molar-refractivity contribution in [1.82, 2.24) is 0 Å². The number of benzene rings is 1. The Morgan fingerprint density at radius 1 is 0.773 bits per heavy atom. The van der Waals surface area contributed by atoms with Crippen LogP contribution in [0.1, 0.15) is 69.8 Å². The van der Waals surface area contributed by atoms with E-state index in [0.717, 1.165) is 13.2 Å². The third-order valence-corrected chi connectivity index (χ3v) is 5.50. The normalized spacial score (nSPS) is 11.0. The van der Waals surface area contributed by atoms with E-state index in [1.165, 1.54) is 78.7 Å². The summed E-state index contributed by atoms with van der Waals surface area (Å²) in [7, 11) is 0. The summed E-state index contributed by atoms with van der Waals surface area (Å²) in [5.41, 5.74) is 1.31. The summed E-state index contributed by atoms with van der Waals surface area (Å²) < 4.78 is 7.08. The van der Waals surface area contributed by atoms with E-state index in [1.807, 2.05) is 0 Å².